The number of benzene rings is 1. The van der Waals surface area contributed by atoms with Crippen LogP contribution in [-0.2, 0) is 5.54 Å². The fourth-order valence-corrected chi connectivity index (χ4v) is 5.82. The number of hydrogen-bond acceptors (Lipinski definition) is 7. The Morgan fingerprint density at radius 3 is 2.56 bits per heavy atom. The zero-order valence-electron chi connectivity index (χ0n) is 21.3. The molecule has 1 aliphatic carbocycles. The first-order valence-electron chi connectivity index (χ1n) is 12.6. The lowest BCUT2D eigenvalue weighted by atomic mass is 9.61. The minimum atomic E-state index is -0.413. The topological polar surface area (TPSA) is 90.1 Å². The van der Waals surface area contributed by atoms with Crippen LogP contribution in [0.15, 0.2) is 35.3 Å². The predicted molar refractivity (Wildman–Crippen MR) is 139 cm³/mol. The second kappa shape index (κ2) is 9.17. The van der Waals surface area contributed by atoms with E-state index < -0.39 is 5.54 Å². The molecule has 3 aromatic rings. The first-order chi connectivity index (χ1) is 17.2. The largest absolute Gasteiger partial charge is 0.367 e. The number of hydrogen-bond donors (Lipinski definition) is 1. The van der Waals surface area contributed by atoms with Gasteiger partial charge in [-0.3, -0.25) is 9.36 Å². The van der Waals surface area contributed by atoms with Crippen molar-refractivity contribution >= 4 is 28.4 Å². The Hall–Kier alpha value is -3.51. The van der Waals surface area contributed by atoms with Crippen molar-refractivity contribution in [2.24, 2.45) is 11.8 Å². The summed E-state index contributed by atoms with van der Waals surface area (Å²) >= 11 is 0. The summed E-state index contributed by atoms with van der Waals surface area (Å²) in [6.07, 6.45) is 3.48. The molecule has 36 heavy (non-hydrogen) atoms. The minimum Gasteiger partial charge on any atom is -0.367 e. The summed E-state index contributed by atoms with van der Waals surface area (Å²) in [4.78, 5) is 26.8. The number of halogens is 1. The Balaban J connectivity index is 1.52. The Kier molecular flexibility index (Phi) is 6.17. The van der Waals surface area contributed by atoms with Crippen LogP contribution in [0.25, 0.3) is 11.0 Å². The lowest BCUT2D eigenvalue weighted by molar-refractivity contribution is 0.00756. The molecule has 2 atom stereocenters. The molecule has 0 amide bonds. The van der Waals surface area contributed by atoms with Gasteiger partial charge in [0.1, 0.15) is 23.1 Å². The third-order valence-electron chi connectivity index (χ3n) is 8.16. The van der Waals surface area contributed by atoms with Crippen LogP contribution in [-0.4, -0.2) is 52.7 Å². The highest BCUT2D eigenvalue weighted by Crippen LogP contribution is 2.50. The molecule has 0 bridgehead atoms. The van der Waals surface area contributed by atoms with Crippen LogP contribution in [0.3, 0.4) is 0 Å². The minimum absolute atomic E-state index is 0.0903. The number of nitrogens with zero attached hydrogens (tertiary/aromatic N) is 6. The molecule has 1 aromatic carbocycles. The van der Waals surface area contributed by atoms with Gasteiger partial charge < -0.3 is 15.1 Å². The zero-order valence-corrected chi connectivity index (χ0v) is 21.3. The molecule has 1 saturated carbocycles. The average Bonchev–Trinajstić information content (AvgIpc) is 2.85. The molecular formula is C27H32FN7O. The van der Waals surface area contributed by atoms with Crippen molar-refractivity contribution in [2.45, 2.75) is 39.2 Å². The van der Waals surface area contributed by atoms with Gasteiger partial charge in [0.15, 0.2) is 0 Å². The van der Waals surface area contributed by atoms with Gasteiger partial charge in [0.25, 0.3) is 5.56 Å². The summed E-state index contributed by atoms with van der Waals surface area (Å²) in [5, 5.41) is 13.4. The molecule has 5 rings (SSSR count). The van der Waals surface area contributed by atoms with Crippen LogP contribution in [0.2, 0.25) is 0 Å². The van der Waals surface area contributed by atoms with E-state index in [1.54, 1.807) is 22.9 Å². The van der Waals surface area contributed by atoms with Crippen LogP contribution in [0.1, 0.15) is 39.2 Å². The van der Waals surface area contributed by atoms with E-state index in [1.807, 2.05) is 12.1 Å². The monoisotopic (exact) mass is 489 g/mol. The maximum absolute atomic E-state index is 15.0. The van der Waals surface area contributed by atoms with E-state index in [1.165, 1.54) is 6.07 Å². The standard InChI is InChI=1S/C27H32FN7O/c1-17(2)27(8-7-18(27)3)35-24-20(13-19(15-29)25(35)36)16-30-26(32-24)31-21-5-6-23(22(28)14-21)34-11-9-33(4)10-12-34/h5-6,13-14,16-18H,7-12H2,1-4H3,(H,30,31,32)/t18-,27?/m1/s1. The summed E-state index contributed by atoms with van der Waals surface area (Å²) in [5.41, 5.74) is 0.965. The molecule has 1 unspecified atom stereocenters. The molecule has 2 aliphatic rings. The van der Waals surface area contributed by atoms with Crippen LogP contribution in [0.5, 0.6) is 0 Å². The molecule has 3 heterocycles. The summed E-state index contributed by atoms with van der Waals surface area (Å²) < 4.78 is 16.7. The lowest BCUT2D eigenvalue weighted by Gasteiger charge is -2.52. The number of fused-ring (bicyclic) bond motifs is 1. The van der Waals surface area contributed by atoms with Crippen molar-refractivity contribution in [2.75, 3.05) is 43.4 Å². The maximum Gasteiger partial charge on any atom is 0.270 e. The van der Waals surface area contributed by atoms with Gasteiger partial charge >= 0.3 is 0 Å². The van der Waals surface area contributed by atoms with Crippen LogP contribution < -0.4 is 15.8 Å². The fraction of sp³-hybridized carbons (Fsp3) is 0.481. The summed E-state index contributed by atoms with van der Waals surface area (Å²) in [6.45, 7) is 9.73. The van der Waals surface area contributed by atoms with E-state index in [2.05, 4.69) is 47.9 Å². The third kappa shape index (κ3) is 3.90. The molecule has 0 radical (unpaired) electrons. The maximum atomic E-state index is 15.0. The van der Waals surface area contributed by atoms with Crippen LogP contribution in [0.4, 0.5) is 21.7 Å². The second-order valence-electron chi connectivity index (χ2n) is 10.5. The van der Waals surface area contributed by atoms with Crippen molar-refractivity contribution in [3.63, 3.8) is 0 Å². The Morgan fingerprint density at radius 1 is 1.22 bits per heavy atom. The van der Waals surface area contributed by atoms with E-state index in [-0.39, 0.29) is 34.7 Å². The van der Waals surface area contributed by atoms with Gasteiger partial charge in [-0.2, -0.15) is 10.2 Å². The van der Waals surface area contributed by atoms with Crippen LogP contribution in [0, 0.1) is 29.0 Å². The van der Waals surface area contributed by atoms with Gasteiger partial charge in [-0.1, -0.05) is 20.8 Å². The van der Waals surface area contributed by atoms with Crippen molar-refractivity contribution in [3.05, 3.63) is 52.2 Å². The number of piperazine rings is 1. The van der Waals surface area contributed by atoms with Crippen LogP contribution >= 0.6 is 0 Å². The molecular weight excluding hydrogens is 457 g/mol. The summed E-state index contributed by atoms with van der Waals surface area (Å²) in [5.74, 6) is 0.426. The van der Waals surface area contributed by atoms with Gasteiger partial charge in [-0.25, -0.2) is 9.37 Å². The van der Waals surface area contributed by atoms with E-state index in [0.29, 0.717) is 22.4 Å². The SMILES string of the molecule is CC(C)C1(n2c(=O)c(C#N)cc3cnc(Nc4ccc(N5CCN(C)CC5)c(F)c4)nc32)CC[C@H]1C. The molecule has 9 heteroatoms. The number of pyridine rings is 1. The number of anilines is 3. The van der Waals surface area contributed by atoms with E-state index in [4.69, 9.17) is 4.98 Å². The van der Waals surface area contributed by atoms with Crippen molar-refractivity contribution in [3.8, 4) is 6.07 Å². The first kappa shape index (κ1) is 24.2. The molecule has 1 N–H and O–H groups in total. The predicted octanol–water partition coefficient (Wildman–Crippen LogP) is 4.08. The highest BCUT2D eigenvalue weighted by molar-refractivity contribution is 5.78. The van der Waals surface area contributed by atoms with Crippen molar-refractivity contribution in [1.82, 2.24) is 19.4 Å². The van der Waals surface area contributed by atoms with Gasteiger partial charge in [0, 0.05) is 43.4 Å². The molecule has 188 valence electrons. The Morgan fingerprint density at radius 2 is 1.97 bits per heavy atom. The molecule has 0 spiro atoms. The zero-order chi connectivity index (χ0) is 25.6. The van der Waals surface area contributed by atoms with Gasteiger partial charge in [-0.05, 0) is 56.0 Å². The van der Waals surface area contributed by atoms with E-state index in [9.17, 15) is 10.1 Å². The van der Waals surface area contributed by atoms with Crippen molar-refractivity contribution < 1.29 is 4.39 Å². The first-order valence-corrected chi connectivity index (χ1v) is 12.6. The average molecular weight is 490 g/mol. The Labute approximate surface area is 210 Å². The van der Waals surface area contributed by atoms with E-state index >= 15 is 4.39 Å². The van der Waals surface area contributed by atoms with Gasteiger partial charge in [0.05, 0.1) is 11.2 Å². The smallest absolute Gasteiger partial charge is 0.270 e. The van der Waals surface area contributed by atoms with Crippen molar-refractivity contribution in [1.29, 1.82) is 5.26 Å². The summed E-state index contributed by atoms with van der Waals surface area (Å²) in [7, 11) is 2.07. The number of nitrogens with one attached hydrogen (secondary N) is 1. The normalized spacial score (nSPS) is 22.5. The highest BCUT2D eigenvalue weighted by atomic mass is 19.1. The Bertz CT molecular complexity index is 1400. The summed E-state index contributed by atoms with van der Waals surface area (Å²) in [6, 6.07) is 8.65. The molecule has 8 nitrogen and oxygen atoms in total. The molecule has 2 fully saturated rings. The number of aromatic nitrogens is 3. The van der Waals surface area contributed by atoms with E-state index in [0.717, 1.165) is 39.0 Å². The third-order valence-corrected chi connectivity index (χ3v) is 8.16. The quantitative estimate of drug-likeness (QED) is 0.578. The molecule has 2 aromatic heterocycles. The number of likely N-dealkylation sites (N-methyl/N-ethyl adjacent to an activating group) is 1. The fourth-order valence-electron chi connectivity index (χ4n) is 5.82. The highest BCUT2D eigenvalue weighted by Gasteiger charge is 2.49. The lowest BCUT2D eigenvalue weighted by Crippen LogP contribution is -2.56. The molecule has 1 saturated heterocycles. The van der Waals surface area contributed by atoms with Gasteiger partial charge in [-0.15, -0.1) is 0 Å². The molecule has 1 aliphatic heterocycles. The number of nitriles is 1. The second-order valence-corrected chi connectivity index (χ2v) is 10.5. The number of rotatable bonds is 5. The van der Waals surface area contributed by atoms with Gasteiger partial charge in [0.2, 0.25) is 5.95 Å².